The Balaban J connectivity index is 2.84. The Morgan fingerprint density at radius 1 is 1.33 bits per heavy atom. The molecule has 1 N–H and O–H groups in total. The van der Waals surface area contributed by atoms with Crippen LogP contribution in [0.5, 0.6) is 0 Å². The monoisotopic (exact) mass is 170 g/mol. The summed E-state index contributed by atoms with van der Waals surface area (Å²) in [6.07, 6.45) is 0. The van der Waals surface area contributed by atoms with Gasteiger partial charge in [-0.1, -0.05) is 10.2 Å². The van der Waals surface area contributed by atoms with E-state index >= 15 is 0 Å². The summed E-state index contributed by atoms with van der Waals surface area (Å²) in [4.78, 5) is 2.07. The maximum Gasteiger partial charge on any atom is 0.233 e. The zero-order valence-electron chi connectivity index (χ0n) is 8.29. The molecular weight excluding hydrogens is 154 g/mol. The number of nitrogens with zero attached hydrogens (tertiary/aromatic N) is 4. The van der Waals surface area contributed by atoms with Crippen molar-refractivity contribution in [2.45, 2.75) is 19.4 Å². The zero-order valence-corrected chi connectivity index (χ0v) is 8.29. The molecule has 0 radical (unpaired) electrons. The molecule has 0 bridgehead atoms. The van der Waals surface area contributed by atoms with Crippen molar-refractivity contribution < 1.29 is 5.12 Å². The third kappa shape index (κ3) is 1.51. The molecule has 0 aromatic rings. The molecule has 0 saturated heterocycles. The molecule has 0 amide bonds. The third-order valence-corrected chi connectivity index (χ3v) is 2.22. The van der Waals surface area contributed by atoms with Crippen LogP contribution in [0.25, 0.3) is 0 Å². The fourth-order valence-corrected chi connectivity index (χ4v) is 0.777. The first kappa shape index (κ1) is 9.28. The van der Waals surface area contributed by atoms with Crippen LogP contribution >= 0.6 is 0 Å². The van der Waals surface area contributed by atoms with Gasteiger partial charge in [-0.25, -0.2) is 0 Å². The van der Waals surface area contributed by atoms with Gasteiger partial charge in [-0.2, -0.15) is 0 Å². The van der Waals surface area contributed by atoms with E-state index in [0.717, 1.165) is 11.0 Å². The minimum absolute atomic E-state index is 0.138. The molecule has 12 heavy (non-hydrogen) atoms. The van der Waals surface area contributed by atoms with Crippen LogP contribution < -0.4 is 5.12 Å². The predicted octanol–water partition coefficient (Wildman–Crippen LogP) is -0.464. The highest BCUT2D eigenvalue weighted by atomic mass is 15.7. The Bertz CT molecular complexity index is 228. The first-order valence-electron chi connectivity index (χ1n) is 3.96. The standard InChI is InChI=1S/C7H15N5/c1-7(2,11(3)4)6-8-10-12(5)9-6/h1-5H3/p+1. The van der Waals surface area contributed by atoms with Crippen molar-refractivity contribution in [1.29, 1.82) is 0 Å². The van der Waals surface area contributed by atoms with Gasteiger partial charge in [-0.05, 0) is 33.0 Å². The number of likely N-dealkylation sites (N-methyl/N-ethyl adjacent to an activating group) is 1. The van der Waals surface area contributed by atoms with E-state index in [4.69, 9.17) is 0 Å². The lowest BCUT2D eigenvalue weighted by Gasteiger charge is -2.28. The number of amidine groups is 1. The molecule has 0 fully saturated rings. The Labute approximate surface area is 72.7 Å². The van der Waals surface area contributed by atoms with Gasteiger partial charge in [0.1, 0.15) is 7.05 Å². The summed E-state index contributed by atoms with van der Waals surface area (Å²) in [5, 5.41) is 12.9. The number of quaternary nitrogens is 1. The molecule has 1 heterocycles. The molecule has 68 valence electrons. The van der Waals surface area contributed by atoms with Crippen molar-refractivity contribution in [3.8, 4) is 0 Å². The number of hydrogen-bond acceptors (Lipinski definition) is 4. The number of hydrogen-bond donors (Lipinski definition) is 1. The van der Waals surface area contributed by atoms with Crippen LogP contribution in [-0.2, 0) is 0 Å². The lowest BCUT2D eigenvalue weighted by molar-refractivity contribution is -0.894. The molecule has 5 heteroatoms. The molecule has 0 aromatic heterocycles. The molecule has 0 aliphatic carbocycles. The molecule has 1 unspecified atom stereocenters. The van der Waals surface area contributed by atoms with Crippen molar-refractivity contribution in [2.24, 2.45) is 15.4 Å². The molecule has 0 spiro atoms. The quantitative estimate of drug-likeness (QED) is 0.598. The van der Waals surface area contributed by atoms with Gasteiger partial charge in [0.15, 0.2) is 0 Å². The highest BCUT2D eigenvalue weighted by Gasteiger charge is 2.33. The second-order valence-corrected chi connectivity index (χ2v) is 3.64. The third-order valence-electron chi connectivity index (χ3n) is 2.22. The normalized spacial score (nSPS) is 23.5. The molecule has 5 nitrogen and oxygen atoms in total. The first-order valence-corrected chi connectivity index (χ1v) is 3.96. The van der Waals surface area contributed by atoms with E-state index in [0.29, 0.717) is 0 Å². The van der Waals surface area contributed by atoms with E-state index in [2.05, 4.69) is 34.2 Å². The SMILES string of the molecule is CN(C)C(C)(C)C1=N[NH+](C)N=N1. The van der Waals surface area contributed by atoms with Gasteiger partial charge in [-0.15, -0.1) is 0 Å². The van der Waals surface area contributed by atoms with Crippen LogP contribution in [0.2, 0.25) is 0 Å². The molecule has 1 aliphatic heterocycles. The smallest absolute Gasteiger partial charge is 0.233 e. The fraction of sp³-hybridized carbons (Fsp3) is 0.857. The van der Waals surface area contributed by atoms with Gasteiger partial charge in [0.2, 0.25) is 5.84 Å². The summed E-state index contributed by atoms with van der Waals surface area (Å²) in [5.74, 6) is 0.782. The lowest BCUT2D eigenvalue weighted by Crippen LogP contribution is -2.97. The number of nitrogens with one attached hydrogen (secondary N) is 1. The largest absolute Gasteiger partial charge is 0.297 e. The van der Waals surface area contributed by atoms with Crippen molar-refractivity contribution in [1.82, 2.24) is 4.90 Å². The van der Waals surface area contributed by atoms with E-state index in [1.54, 1.807) is 0 Å². The average Bonchev–Trinajstić information content (AvgIpc) is 2.35. The van der Waals surface area contributed by atoms with Crippen molar-refractivity contribution in [3.05, 3.63) is 0 Å². The highest BCUT2D eigenvalue weighted by Crippen LogP contribution is 2.14. The predicted molar refractivity (Wildman–Crippen MR) is 46.9 cm³/mol. The van der Waals surface area contributed by atoms with Gasteiger partial charge < -0.3 is 0 Å². The van der Waals surface area contributed by atoms with Gasteiger partial charge in [-0.3, -0.25) is 4.90 Å². The molecular formula is C7H16N5+. The molecule has 0 aromatic carbocycles. The van der Waals surface area contributed by atoms with E-state index in [-0.39, 0.29) is 5.54 Å². The van der Waals surface area contributed by atoms with Crippen molar-refractivity contribution in [2.75, 3.05) is 21.1 Å². The van der Waals surface area contributed by atoms with Crippen LogP contribution in [0.1, 0.15) is 13.8 Å². The molecule has 1 rings (SSSR count). The summed E-state index contributed by atoms with van der Waals surface area (Å²) < 4.78 is 0. The summed E-state index contributed by atoms with van der Waals surface area (Å²) in [7, 11) is 5.86. The Kier molecular flexibility index (Phi) is 2.25. The Hall–Kier alpha value is -0.810. The van der Waals surface area contributed by atoms with E-state index < -0.39 is 0 Å². The van der Waals surface area contributed by atoms with Gasteiger partial charge in [0.05, 0.1) is 10.8 Å². The maximum absolute atomic E-state index is 4.24. The molecule has 1 atom stereocenters. The van der Waals surface area contributed by atoms with Gasteiger partial charge in [0, 0.05) is 0 Å². The summed E-state index contributed by atoms with van der Waals surface area (Å²) in [6, 6.07) is 0. The Morgan fingerprint density at radius 2 is 1.92 bits per heavy atom. The highest BCUT2D eigenvalue weighted by molar-refractivity contribution is 5.90. The lowest BCUT2D eigenvalue weighted by atomic mass is 10.0. The van der Waals surface area contributed by atoms with Crippen LogP contribution in [0.4, 0.5) is 0 Å². The second-order valence-electron chi connectivity index (χ2n) is 3.64. The van der Waals surface area contributed by atoms with Crippen LogP contribution in [0.3, 0.4) is 0 Å². The Morgan fingerprint density at radius 3 is 2.25 bits per heavy atom. The van der Waals surface area contributed by atoms with Crippen LogP contribution in [0, 0.1) is 0 Å². The minimum atomic E-state index is -0.138. The molecule has 1 aliphatic rings. The minimum Gasteiger partial charge on any atom is -0.297 e. The van der Waals surface area contributed by atoms with Crippen molar-refractivity contribution in [3.63, 3.8) is 0 Å². The van der Waals surface area contributed by atoms with Crippen LogP contribution in [0.15, 0.2) is 15.4 Å². The summed E-state index contributed by atoms with van der Waals surface area (Å²) >= 11 is 0. The number of rotatable bonds is 2. The topological polar surface area (TPSA) is 44.8 Å². The second kappa shape index (κ2) is 2.91. The fourth-order valence-electron chi connectivity index (χ4n) is 0.777. The van der Waals surface area contributed by atoms with Crippen molar-refractivity contribution >= 4 is 5.84 Å². The van der Waals surface area contributed by atoms with E-state index in [9.17, 15) is 0 Å². The van der Waals surface area contributed by atoms with Crippen LogP contribution in [-0.4, -0.2) is 37.4 Å². The van der Waals surface area contributed by atoms with E-state index in [1.807, 2.05) is 21.1 Å². The average molecular weight is 170 g/mol. The maximum atomic E-state index is 4.24. The van der Waals surface area contributed by atoms with Gasteiger partial charge in [0.25, 0.3) is 0 Å². The summed E-state index contributed by atoms with van der Waals surface area (Å²) in [5.41, 5.74) is -0.138. The van der Waals surface area contributed by atoms with E-state index in [1.165, 1.54) is 0 Å². The molecule has 0 saturated carbocycles. The zero-order chi connectivity index (χ0) is 9.35. The van der Waals surface area contributed by atoms with Gasteiger partial charge >= 0.3 is 0 Å². The summed E-state index contributed by atoms with van der Waals surface area (Å²) in [6.45, 7) is 4.15. The first-order chi connectivity index (χ1) is 5.44.